The first-order chi connectivity index (χ1) is 11.4. The minimum atomic E-state index is -0.943. The summed E-state index contributed by atoms with van der Waals surface area (Å²) < 4.78 is 14.8. The molecule has 24 heavy (non-hydrogen) atoms. The molecule has 1 amide bonds. The Morgan fingerprint density at radius 2 is 2.00 bits per heavy atom. The molecule has 0 bridgehead atoms. The zero-order valence-corrected chi connectivity index (χ0v) is 13.5. The summed E-state index contributed by atoms with van der Waals surface area (Å²) in [6, 6.07) is 6.01. The zero-order chi connectivity index (χ0) is 17.4. The fraction of sp³-hybridized carbons (Fsp3) is 0.353. The number of halogens is 1. The van der Waals surface area contributed by atoms with Crippen molar-refractivity contribution in [3.8, 4) is 5.69 Å². The van der Waals surface area contributed by atoms with E-state index in [9.17, 15) is 14.0 Å². The quantitative estimate of drug-likeness (QED) is 0.930. The highest BCUT2D eigenvalue weighted by Gasteiger charge is 2.34. The summed E-state index contributed by atoms with van der Waals surface area (Å²) in [6.07, 6.45) is 0.0412. The molecular formula is C17H18FN3O3. The molecule has 2 aromatic rings. The molecule has 1 aromatic heterocycles. The lowest BCUT2D eigenvalue weighted by atomic mass is 10.1. The molecule has 6 nitrogen and oxygen atoms in total. The number of amides is 1. The Bertz CT molecular complexity index is 798. The van der Waals surface area contributed by atoms with Gasteiger partial charge in [-0.3, -0.25) is 9.59 Å². The van der Waals surface area contributed by atoms with Crippen molar-refractivity contribution in [2.75, 3.05) is 6.54 Å². The molecule has 1 N–H and O–H groups in total. The van der Waals surface area contributed by atoms with Crippen LogP contribution < -0.4 is 0 Å². The predicted octanol–water partition coefficient (Wildman–Crippen LogP) is 2.06. The Morgan fingerprint density at radius 3 is 2.58 bits per heavy atom. The zero-order valence-electron chi connectivity index (χ0n) is 13.5. The number of hydrogen-bond donors (Lipinski definition) is 1. The van der Waals surface area contributed by atoms with Gasteiger partial charge in [-0.25, -0.2) is 9.07 Å². The molecule has 0 unspecified atom stereocenters. The van der Waals surface area contributed by atoms with E-state index in [1.54, 1.807) is 21.7 Å². The average molecular weight is 331 g/mol. The second kappa shape index (κ2) is 6.07. The van der Waals surface area contributed by atoms with Crippen LogP contribution in [0, 0.1) is 25.6 Å². The molecule has 1 fully saturated rings. The average Bonchev–Trinajstić information content (AvgIpc) is 3.04. The molecule has 0 spiro atoms. The van der Waals surface area contributed by atoms with E-state index in [2.05, 4.69) is 5.10 Å². The lowest BCUT2D eigenvalue weighted by molar-refractivity contribution is -0.141. The van der Waals surface area contributed by atoms with Crippen LogP contribution in [0.15, 0.2) is 24.3 Å². The Morgan fingerprint density at radius 1 is 1.33 bits per heavy atom. The Kier molecular flexibility index (Phi) is 4.09. The minimum Gasteiger partial charge on any atom is -0.481 e. The van der Waals surface area contributed by atoms with Crippen LogP contribution in [0.4, 0.5) is 4.39 Å². The molecule has 1 atom stereocenters. The highest BCUT2D eigenvalue weighted by Crippen LogP contribution is 2.24. The van der Waals surface area contributed by atoms with Crippen LogP contribution >= 0.6 is 0 Å². The molecule has 7 heteroatoms. The van der Waals surface area contributed by atoms with Crippen LogP contribution in [0.1, 0.15) is 23.4 Å². The van der Waals surface area contributed by atoms with E-state index in [0.717, 1.165) is 22.6 Å². The fourth-order valence-corrected chi connectivity index (χ4v) is 3.02. The molecule has 0 aliphatic carbocycles. The highest BCUT2D eigenvalue weighted by molar-refractivity contribution is 5.86. The van der Waals surface area contributed by atoms with Gasteiger partial charge in [-0.15, -0.1) is 0 Å². The first kappa shape index (κ1) is 16.2. The summed E-state index contributed by atoms with van der Waals surface area (Å²) in [5, 5.41) is 13.5. The number of carbonyl (C=O) groups is 2. The first-order valence-electron chi connectivity index (χ1n) is 7.68. The first-order valence-corrected chi connectivity index (χ1v) is 7.68. The largest absolute Gasteiger partial charge is 0.481 e. The van der Waals surface area contributed by atoms with Crippen molar-refractivity contribution in [1.29, 1.82) is 0 Å². The number of aromatic nitrogens is 2. The van der Waals surface area contributed by atoms with Gasteiger partial charge in [0.1, 0.15) is 5.82 Å². The SMILES string of the molecule is Cc1nn(-c2ccc(F)cc2)c(C)c1CN1C[C@H](C(=O)O)CC1=O. The number of rotatable bonds is 4. The Labute approximate surface area is 138 Å². The van der Waals surface area contributed by atoms with Gasteiger partial charge in [0.05, 0.1) is 17.3 Å². The number of nitrogens with zero attached hydrogens (tertiary/aromatic N) is 3. The van der Waals surface area contributed by atoms with Crippen LogP contribution in [0.2, 0.25) is 0 Å². The van der Waals surface area contributed by atoms with E-state index < -0.39 is 11.9 Å². The number of carbonyl (C=O) groups excluding carboxylic acids is 1. The second-order valence-corrected chi connectivity index (χ2v) is 6.05. The number of likely N-dealkylation sites (tertiary alicyclic amines) is 1. The molecule has 3 rings (SSSR count). The van der Waals surface area contributed by atoms with Crippen molar-refractivity contribution in [2.24, 2.45) is 5.92 Å². The van der Waals surface area contributed by atoms with E-state index in [1.807, 2.05) is 13.8 Å². The van der Waals surface area contributed by atoms with Gasteiger partial charge in [0.15, 0.2) is 0 Å². The number of aliphatic carboxylic acids is 1. The monoisotopic (exact) mass is 331 g/mol. The van der Waals surface area contributed by atoms with Crippen molar-refractivity contribution in [2.45, 2.75) is 26.8 Å². The summed E-state index contributed by atoms with van der Waals surface area (Å²) in [7, 11) is 0. The van der Waals surface area contributed by atoms with Crippen LogP contribution in [-0.2, 0) is 16.1 Å². The van der Waals surface area contributed by atoms with Crippen molar-refractivity contribution < 1.29 is 19.1 Å². The van der Waals surface area contributed by atoms with Gasteiger partial charge in [-0.05, 0) is 38.1 Å². The lowest BCUT2D eigenvalue weighted by Gasteiger charge is -2.16. The van der Waals surface area contributed by atoms with E-state index in [0.29, 0.717) is 6.54 Å². The van der Waals surface area contributed by atoms with Crippen LogP contribution in [-0.4, -0.2) is 38.2 Å². The third-order valence-corrected chi connectivity index (χ3v) is 4.43. The highest BCUT2D eigenvalue weighted by atomic mass is 19.1. The fourth-order valence-electron chi connectivity index (χ4n) is 3.02. The molecular weight excluding hydrogens is 313 g/mol. The van der Waals surface area contributed by atoms with Crippen LogP contribution in [0.5, 0.6) is 0 Å². The standard InChI is InChI=1S/C17H18FN3O3/c1-10-15(9-20-8-12(17(23)24)7-16(20)22)11(2)21(19-10)14-5-3-13(18)4-6-14/h3-6,12H,7-9H2,1-2H3,(H,23,24)/t12-/m1/s1. The maximum atomic E-state index is 13.1. The summed E-state index contributed by atoms with van der Waals surface area (Å²) in [5.74, 6) is -2.06. The maximum absolute atomic E-state index is 13.1. The molecule has 1 aliphatic rings. The van der Waals surface area contributed by atoms with E-state index in [4.69, 9.17) is 5.11 Å². The molecule has 1 saturated heterocycles. The molecule has 1 aromatic carbocycles. The smallest absolute Gasteiger partial charge is 0.308 e. The summed E-state index contributed by atoms with van der Waals surface area (Å²) in [6.45, 7) is 4.28. The minimum absolute atomic E-state index is 0.0412. The van der Waals surface area contributed by atoms with Crippen molar-refractivity contribution in [1.82, 2.24) is 14.7 Å². The van der Waals surface area contributed by atoms with Crippen LogP contribution in [0.3, 0.4) is 0 Å². The van der Waals surface area contributed by atoms with E-state index in [-0.39, 0.29) is 24.7 Å². The van der Waals surface area contributed by atoms with Gasteiger partial charge in [0.25, 0.3) is 0 Å². The molecule has 2 heterocycles. The topological polar surface area (TPSA) is 75.4 Å². The molecule has 1 aliphatic heterocycles. The van der Waals surface area contributed by atoms with Crippen molar-refractivity contribution in [3.05, 3.63) is 47.0 Å². The number of carboxylic acid groups (broad SMARTS) is 1. The van der Waals surface area contributed by atoms with Crippen molar-refractivity contribution in [3.63, 3.8) is 0 Å². The lowest BCUT2D eigenvalue weighted by Crippen LogP contribution is -2.26. The number of benzene rings is 1. The van der Waals surface area contributed by atoms with Gasteiger partial charge in [-0.1, -0.05) is 0 Å². The van der Waals surface area contributed by atoms with Gasteiger partial charge in [0, 0.05) is 30.8 Å². The summed E-state index contributed by atoms with van der Waals surface area (Å²) in [4.78, 5) is 24.7. The third kappa shape index (κ3) is 2.89. The second-order valence-electron chi connectivity index (χ2n) is 6.05. The van der Waals surface area contributed by atoms with E-state index >= 15 is 0 Å². The molecule has 0 saturated carbocycles. The summed E-state index contributed by atoms with van der Waals surface area (Å²) in [5.41, 5.74) is 3.24. The van der Waals surface area contributed by atoms with Gasteiger partial charge >= 0.3 is 5.97 Å². The predicted molar refractivity (Wildman–Crippen MR) is 84.2 cm³/mol. The Hall–Kier alpha value is -2.70. The molecule has 0 radical (unpaired) electrons. The van der Waals surface area contributed by atoms with E-state index in [1.165, 1.54) is 12.1 Å². The van der Waals surface area contributed by atoms with Gasteiger partial charge < -0.3 is 10.0 Å². The maximum Gasteiger partial charge on any atom is 0.308 e. The molecule has 126 valence electrons. The number of aryl methyl sites for hydroxylation is 1. The van der Waals surface area contributed by atoms with Crippen LogP contribution in [0.25, 0.3) is 5.69 Å². The van der Waals surface area contributed by atoms with Gasteiger partial charge in [-0.2, -0.15) is 5.10 Å². The summed E-state index contributed by atoms with van der Waals surface area (Å²) >= 11 is 0. The third-order valence-electron chi connectivity index (χ3n) is 4.43. The normalized spacial score (nSPS) is 17.5. The number of carboxylic acids is 1. The number of hydrogen-bond acceptors (Lipinski definition) is 3. The Balaban J connectivity index is 1.86. The van der Waals surface area contributed by atoms with Gasteiger partial charge in [0.2, 0.25) is 5.91 Å². The van der Waals surface area contributed by atoms with Crippen molar-refractivity contribution >= 4 is 11.9 Å².